The van der Waals surface area contributed by atoms with Crippen molar-refractivity contribution >= 4 is 33.3 Å². The highest BCUT2D eigenvalue weighted by Crippen LogP contribution is 2.26. The van der Waals surface area contributed by atoms with Crippen molar-refractivity contribution in [2.24, 2.45) is 11.7 Å². The molecule has 0 saturated carbocycles. The second kappa shape index (κ2) is 18.5. The number of Topliss-reactive ketones (excluding diaryl/α,β-unsaturated/α-hetero) is 1. The Hall–Kier alpha value is -3.81. The molecule has 0 aromatic heterocycles. The number of carbonyl (C=O) groups excluding carboxylic acids is 3. The summed E-state index contributed by atoms with van der Waals surface area (Å²) in [5.74, 6) is -2.44. The molecule has 3 atom stereocenters. The van der Waals surface area contributed by atoms with Crippen LogP contribution in [0, 0.1) is 11.3 Å². The smallest absolute Gasteiger partial charge is 0.243 e. The summed E-state index contributed by atoms with van der Waals surface area (Å²) in [6.07, 6.45) is 2.06. The molecule has 2 aromatic carbocycles. The molecule has 0 radical (unpaired) electrons. The Kier molecular flexibility index (Phi) is 14.8. The highest BCUT2D eigenvalue weighted by atomic mass is 32.2. The van der Waals surface area contributed by atoms with Crippen LogP contribution in [0.5, 0.6) is 5.75 Å². The third kappa shape index (κ3) is 11.7. The molecule has 13 heteroatoms. The van der Waals surface area contributed by atoms with E-state index < -0.39 is 33.5 Å². The van der Waals surface area contributed by atoms with Crippen molar-refractivity contribution < 1.29 is 37.0 Å². The molecule has 3 rings (SSSR count). The van der Waals surface area contributed by atoms with E-state index in [4.69, 9.17) is 25.4 Å². The van der Waals surface area contributed by atoms with Crippen molar-refractivity contribution in [2.75, 3.05) is 39.2 Å². The summed E-state index contributed by atoms with van der Waals surface area (Å²) < 4.78 is 43.3. The van der Waals surface area contributed by atoms with Crippen LogP contribution < -0.4 is 15.8 Å². The van der Waals surface area contributed by atoms with Crippen LogP contribution in [-0.4, -0.2) is 88.1 Å². The largest absolute Gasteiger partial charge is 0.497 e. The average Bonchev–Trinajstić information content (AvgIpc) is 3.55. The van der Waals surface area contributed by atoms with Crippen molar-refractivity contribution in [3.8, 4) is 5.75 Å². The molecule has 1 heterocycles. The number of rotatable bonds is 20. The zero-order chi connectivity index (χ0) is 34.4. The van der Waals surface area contributed by atoms with Gasteiger partial charge < -0.3 is 30.2 Å². The number of nitrogens with one attached hydrogen (secondary N) is 2. The minimum absolute atomic E-state index is 0.0164. The van der Waals surface area contributed by atoms with Gasteiger partial charge in [0.2, 0.25) is 11.8 Å². The molecule has 2 amide bonds. The number of amides is 2. The molecule has 0 spiro atoms. The summed E-state index contributed by atoms with van der Waals surface area (Å²) in [7, 11) is -2.49. The zero-order valence-corrected chi connectivity index (χ0v) is 28.4. The van der Waals surface area contributed by atoms with Crippen LogP contribution in [0.4, 0.5) is 0 Å². The molecule has 1 aliphatic rings. The number of methoxy groups -OCH3 is 1. The molecule has 12 nitrogen and oxygen atoms in total. The van der Waals surface area contributed by atoms with Crippen molar-refractivity contribution in [3.63, 3.8) is 0 Å². The number of hydrogen-bond acceptors (Lipinski definition) is 9. The van der Waals surface area contributed by atoms with E-state index in [1.807, 2.05) is 13.8 Å². The highest BCUT2D eigenvalue weighted by Gasteiger charge is 2.39. The first-order valence-corrected chi connectivity index (χ1v) is 17.7. The van der Waals surface area contributed by atoms with Gasteiger partial charge in [-0.3, -0.25) is 19.8 Å². The number of likely N-dealkylation sites (tertiary alicyclic amines) is 1. The summed E-state index contributed by atoms with van der Waals surface area (Å²) in [5, 5.41) is 10.4. The first-order chi connectivity index (χ1) is 22.4. The fourth-order valence-electron chi connectivity index (χ4n) is 5.38. The first-order valence-electron chi connectivity index (χ1n) is 16.0. The summed E-state index contributed by atoms with van der Waals surface area (Å²) in [6, 6.07) is 12.0. The minimum Gasteiger partial charge on any atom is -0.497 e. The van der Waals surface area contributed by atoms with E-state index in [9.17, 15) is 22.8 Å². The fourth-order valence-corrected chi connectivity index (χ4v) is 6.91. The number of carbonyl (C=O) groups is 3. The van der Waals surface area contributed by atoms with E-state index in [1.165, 1.54) is 36.3 Å². The number of nitrogens with zero attached hydrogens (tertiary/aromatic N) is 1. The van der Waals surface area contributed by atoms with Crippen molar-refractivity contribution in [1.29, 1.82) is 5.41 Å². The Morgan fingerprint density at radius 2 is 1.79 bits per heavy atom. The van der Waals surface area contributed by atoms with Gasteiger partial charge in [0.05, 0.1) is 36.4 Å². The average molecular weight is 673 g/mol. The molecule has 0 aliphatic carbocycles. The summed E-state index contributed by atoms with van der Waals surface area (Å²) in [5.41, 5.74) is 6.87. The van der Waals surface area contributed by atoms with Crippen LogP contribution in [-0.2, 0) is 40.2 Å². The Labute approximate surface area is 277 Å². The molecule has 1 fully saturated rings. The SMILES string of the molecule is CCCOCC(C)OCCCC(=O)C[C@@H](CS(=O)(=O)c1ccc(OC)cc1)C(=O)N1CCC[C@H]1C(=O)NCc1ccc(C(=N)N)cc1. The van der Waals surface area contributed by atoms with Gasteiger partial charge in [0.25, 0.3) is 0 Å². The summed E-state index contributed by atoms with van der Waals surface area (Å²) in [4.78, 5) is 41.8. The molecule has 1 unspecified atom stereocenters. The normalized spacial score (nSPS) is 16.0. The molecule has 2 aromatic rings. The molecular weight excluding hydrogens is 624 g/mol. The molecule has 0 bridgehead atoms. The Morgan fingerprint density at radius 1 is 1.09 bits per heavy atom. The third-order valence-corrected chi connectivity index (χ3v) is 9.77. The number of amidine groups is 1. The van der Waals surface area contributed by atoms with Crippen LogP contribution >= 0.6 is 0 Å². The standard InChI is InChI=1S/C34H48N4O8S/c1-4-18-45-22-24(2)46-19-6-7-28(39)20-27(23-47(42,43)30-15-13-29(44-3)14-16-30)34(41)38-17-5-8-31(38)33(40)37-21-25-9-11-26(12-10-25)32(35)36/h9-16,24,27,31H,4-8,17-23H2,1-3H3,(H3,35,36)(H,37,40)/t24?,27-,31-/m0/s1. The van der Waals surface area contributed by atoms with Crippen LogP contribution in [0.1, 0.15) is 63.5 Å². The monoisotopic (exact) mass is 672 g/mol. The van der Waals surface area contributed by atoms with Gasteiger partial charge >= 0.3 is 0 Å². The Morgan fingerprint density at radius 3 is 2.43 bits per heavy atom. The van der Waals surface area contributed by atoms with E-state index >= 15 is 0 Å². The number of sulfone groups is 1. The lowest BCUT2D eigenvalue weighted by atomic mass is 9.99. The van der Waals surface area contributed by atoms with Crippen LogP contribution in [0.25, 0.3) is 0 Å². The topological polar surface area (TPSA) is 178 Å². The second-order valence-electron chi connectivity index (χ2n) is 11.8. The zero-order valence-electron chi connectivity index (χ0n) is 27.5. The van der Waals surface area contributed by atoms with Gasteiger partial charge in [-0.15, -0.1) is 0 Å². The van der Waals surface area contributed by atoms with Gasteiger partial charge in [0.1, 0.15) is 23.4 Å². The van der Waals surface area contributed by atoms with Crippen molar-refractivity contribution in [2.45, 2.75) is 76.0 Å². The Bertz CT molecular complexity index is 1450. The van der Waals surface area contributed by atoms with E-state index in [-0.39, 0.29) is 54.5 Å². The number of nitrogen functional groups attached to an aromatic ring is 1. The third-order valence-electron chi connectivity index (χ3n) is 7.94. The lowest BCUT2D eigenvalue weighted by Gasteiger charge is -2.28. The molecular formula is C34H48N4O8S. The number of hydrogen-bond donors (Lipinski definition) is 3. The van der Waals surface area contributed by atoms with E-state index in [1.54, 1.807) is 24.3 Å². The molecule has 47 heavy (non-hydrogen) atoms. The first kappa shape index (κ1) is 37.6. The van der Waals surface area contributed by atoms with Crippen LogP contribution in [0.15, 0.2) is 53.4 Å². The van der Waals surface area contributed by atoms with Crippen molar-refractivity contribution in [3.05, 3.63) is 59.7 Å². The van der Waals surface area contributed by atoms with Crippen molar-refractivity contribution in [1.82, 2.24) is 10.2 Å². The Balaban J connectivity index is 1.69. The van der Waals surface area contributed by atoms with Gasteiger partial charge in [0, 0.05) is 44.7 Å². The van der Waals surface area contributed by atoms with Gasteiger partial charge in [0.15, 0.2) is 9.84 Å². The highest BCUT2D eigenvalue weighted by molar-refractivity contribution is 7.91. The molecule has 1 aliphatic heterocycles. The van der Waals surface area contributed by atoms with Gasteiger partial charge in [-0.25, -0.2) is 8.42 Å². The van der Waals surface area contributed by atoms with Gasteiger partial charge in [-0.2, -0.15) is 0 Å². The molecule has 258 valence electrons. The molecule has 1 saturated heterocycles. The van der Waals surface area contributed by atoms with Gasteiger partial charge in [-0.05, 0) is 62.4 Å². The number of ether oxygens (including phenoxy) is 3. The lowest BCUT2D eigenvalue weighted by Crippen LogP contribution is -2.49. The second-order valence-corrected chi connectivity index (χ2v) is 13.8. The van der Waals surface area contributed by atoms with E-state index in [0.717, 1.165) is 12.0 Å². The lowest BCUT2D eigenvalue weighted by molar-refractivity contribution is -0.142. The number of ketones is 1. The van der Waals surface area contributed by atoms with Crippen LogP contribution in [0.3, 0.4) is 0 Å². The predicted molar refractivity (Wildman–Crippen MR) is 178 cm³/mol. The minimum atomic E-state index is -3.96. The van der Waals surface area contributed by atoms with E-state index in [2.05, 4.69) is 5.32 Å². The predicted octanol–water partition coefficient (Wildman–Crippen LogP) is 3.25. The maximum atomic E-state index is 14.0. The molecule has 4 N–H and O–H groups in total. The number of benzene rings is 2. The number of nitrogens with two attached hydrogens (primary N) is 1. The quantitative estimate of drug-likeness (QED) is 0.108. The summed E-state index contributed by atoms with van der Waals surface area (Å²) >= 11 is 0. The maximum Gasteiger partial charge on any atom is 0.243 e. The van der Waals surface area contributed by atoms with Gasteiger partial charge in [-0.1, -0.05) is 31.2 Å². The van der Waals surface area contributed by atoms with E-state index in [0.29, 0.717) is 50.4 Å². The summed E-state index contributed by atoms with van der Waals surface area (Å²) in [6.45, 7) is 5.84. The maximum absolute atomic E-state index is 14.0. The van der Waals surface area contributed by atoms with Crippen LogP contribution in [0.2, 0.25) is 0 Å². The fraction of sp³-hybridized carbons (Fsp3) is 0.529.